The summed E-state index contributed by atoms with van der Waals surface area (Å²) in [4.78, 5) is 46.0. The Morgan fingerprint density at radius 3 is 2.82 bits per heavy atom. The van der Waals surface area contributed by atoms with Crippen LogP contribution in [0.15, 0.2) is 41.2 Å². The third-order valence-corrected chi connectivity index (χ3v) is 6.53. The highest BCUT2D eigenvalue weighted by molar-refractivity contribution is 5.87. The molecule has 39 heavy (non-hydrogen) atoms. The summed E-state index contributed by atoms with van der Waals surface area (Å²) >= 11 is 0. The quantitative estimate of drug-likeness (QED) is 0.220. The number of terminal acetylenes is 1. The van der Waals surface area contributed by atoms with Gasteiger partial charge in [-0.15, -0.1) is 16.6 Å². The number of allylic oxidation sites excluding steroid dienone is 2. The van der Waals surface area contributed by atoms with Crippen LogP contribution in [0.2, 0.25) is 0 Å². The van der Waals surface area contributed by atoms with Gasteiger partial charge in [0.2, 0.25) is 5.91 Å². The second-order valence-corrected chi connectivity index (χ2v) is 9.22. The molecule has 0 saturated heterocycles. The molecule has 4 N–H and O–H groups in total. The fraction of sp³-hybridized carbons (Fsp3) is 0.346. The number of amides is 1. The van der Waals surface area contributed by atoms with Gasteiger partial charge in [-0.2, -0.15) is 5.21 Å². The summed E-state index contributed by atoms with van der Waals surface area (Å²) in [6.07, 6.45) is 11.2. The lowest BCUT2D eigenvalue weighted by atomic mass is 9.89. The van der Waals surface area contributed by atoms with E-state index < -0.39 is 29.6 Å². The van der Waals surface area contributed by atoms with Crippen LogP contribution in [0.4, 0.5) is 4.39 Å². The van der Waals surface area contributed by atoms with Gasteiger partial charge in [0.25, 0.3) is 5.56 Å². The van der Waals surface area contributed by atoms with Crippen LogP contribution in [0.5, 0.6) is 0 Å². The topological polar surface area (TPSA) is 170 Å². The predicted octanol–water partition coefficient (Wildman–Crippen LogP) is 1.10. The second kappa shape index (κ2) is 11.4. The van der Waals surface area contributed by atoms with Crippen LogP contribution in [-0.2, 0) is 22.6 Å². The molecular formula is C26H27FN8O4. The number of alkyl halides is 1. The summed E-state index contributed by atoms with van der Waals surface area (Å²) in [5.74, 6) is -2.71. The number of H-pyrrole nitrogens is 2. The van der Waals surface area contributed by atoms with Gasteiger partial charge in [0.1, 0.15) is 17.8 Å². The van der Waals surface area contributed by atoms with E-state index in [0.717, 1.165) is 5.56 Å². The molecule has 2 heterocycles. The van der Waals surface area contributed by atoms with E-state index in [1.165, 1.54) is 29.2 Å². The van der Waals surface area contributed by atoms with E-state index in [0.29, 0.717) is 22.3 Å². The SMILES string of the molecule is C#CCN(Cc1cc2c(=O)[nH]c(C)nc2cc1C)C1(F)C=CC=CC1C(=O)N[C@@H](CCc1nn[nH]n1)C(=O)O. The number of hydrogen-bond donors (Lipinski definition) is 4. The van der Waals surface area contributed by atoms with Crippen molar-refractivity contribution in [1.82, 2.24) is 40.8 Å². The molecule has 0 radical (unpaired) electrons. The molecule has 0 aliphatic heterocycles. The zero-order valence-corrected chi connectivity index (χ0v) is 21.3. The molecule has 202 valence electrons. The Balaban J connectivity index is 1.60. The number of hydrogen-bond acceptors (Lipinski definition) is 8. The lowest BCUT2D eigenvalue weighted by molar-refractivity contribution is -0.144. The highest BCUT2D eigenvalue weighted by Crippen LogP contribution is 2.35. The summed E-state index contributed by atoms with van der Waals surface area (Å²) in [6.45, 7) is 3.30. The first-order chi connectivity index (χ1) is 18.6. The first-order valence-electron chi connectivity index (χ1n) is 12.1. The van der Waals surface area contributed by atoms with E-state index in [2.05, 4.69) is 41.8 Å². The molecule has 0 fully saturated rings. The fourth-order valence-corrected chi connectivity index (χ4v) is 4.50. The summed E-state index contributed by atoms with van der Waals surface area (Å²) < 4.78 is 16.8. The van der Waals surface area contributed by atoms with Gasteiger partial charge in [-0.1, -0.05) is 29.4 Å². The zero-order chi connectivity index (χ0) is 28.2. The molecule has 2 aromatic heterocycles. The Morgan fingerprint density at radius 2 is 2.13 bits per heavy atom. The summed E-state index contributed by atoms with van der Waals surface area (Å²) in [6, 6.07) is 2.07. The number of aromatic nitrogens is 6. The number of rotatable bonds is 10. The molecule has 0 bridgehead atoms. The zero-order valence-electron chi connectivity index (χ0n) is 21.3. The van der Waals surface area contributed by atoms with E-state index >= 15 is 4.39 Å². The van der Waals surface area contributed by atoms with Gasteiger partial charge in [-0.3, -0.25) is 14.5 Å². The minimum absolute atomic E-state index is 0.0292. The molecular weight excluding hydrogens is 507 g/mol. The molecule has 13 heteroatoms. The van der Waals surface area contributed by atoms with E-state index in [-0.39, 0.29) is 37.3 Å². The number of aliphatic carboxylic acids is 1. The number of aryl methyl sites for hydroxylation is 3. The van der Waals surface area contributed by atoms with Crippen LogP contribution in [-0.4, -0.2) is 70.9 Å². The van der Waals surface area contributed by atoms with Crippen LogP contribution in [0.1, 0.15) is 29.2 Å². The molecule has 1 aliphatic rings. The van der Waals surface area contributed by atoms with Crippen molar-refractivity contribution >= 4 is 22.8 Å². The van der Waals surface area contributed by atoms with Crippen LogP contribution < -0.4 is 10.9 Å². The van der Waals surface area contributed by atoms with Crippen LogP contribution in [0, 0.1) is 32.1 Å². The van der Waals surface area contributed by atoms with Crippen LogP contribution in [0.25, 0.3) is 10.9 Å². The van der Waals surface area contributed by atoms with Gasteiger partial charge in [-0.05, 0) is 49.6 Å². The molecule has 12 nitrogen and oxygen atoms in total. The molecule has 3 aromatic rings. The molecule has 1 aliphatic carbocycles. The van der Waals surface area contributed by atoms with E-state index in [9.17, 15) is 19.5 Å². The Kier molecular flexibility index (Phi) is 7.96. The van der Waals surface area contributed by atoms with Crippen molar-refractivity contribution in [1.29, 1.82) is 0 Å². The molecule has 1 amide bonds. The third-order valence-electron chi connectivity index (χ3n) is 6.53. The first-order valence-corrected chi connectivity index (χ1v) is 12.1. The number of carboxylic acids is 1. The predicted molar refractivity (Wildman–Crippen MR) is 139 cm³/mol. The standard InChI is InChI=1S/C26H27FN8O4/c1-4-11-35(14-17-13-18-21(12-15(17)2)28-16(3)29-23(18)36)26(27)10-6-5-7-19(26)24(37)30-20(25(38)39)8-9-22-31-33-34-32-22/h1,5-7,10,12-13,19-20H,8-9,11,14H2,2-3H3,(H,30,37)(H,38,39)(H,28,29,36)(H,31,32,33,34)/t19?,20-,26?/m0/s1. The summed E-state index contributed by atoms with van der Waals surface area (Å²) in [7, 11) is 0. The number of fused-ring (bicyclic) bond motifs is 1. The maximum Gasteiger partial charge on any atom is 0.326 e. The minimum atomic E-state index is -2.39. The second-order valence-electron chi connectivity index (χ2n) is 9.22. The van der Waals surface area contributed by atoms with Crippen molar-refractivity contribution in [2.75, 3.05) is 6.54 Å². The summed E-state index contributed by atoms with van der Waals surface area (Å²) in [5.41, 5.74) is 1.57. The molecule has 2 unspecified atom stereocenters. The van der Waals surface area contributed by atoms with E-state index in [4.69, 9.17) is 6.42 Å². The van der Waals surface area contributed by atoms with Crippen molar-refractivity contribution in [2.45, 2.75) is 45.1 Å². The van der Waals surface area contributed by atoms with Crippen LogP contribution >= 0.6 is 0 Å². The number of carboxylic acid groups (broad SMARTS) is 1. The van der Waals surface area contributed by atoms with Gasteiger partial charge >= 0.3 is 5.97 Å². The van der Waals surface area contributed by atoms with Crippen LogP contribution in [0.3, 0.4) is 0 Å². The smallest absolute Gasteiger partial charge is 0.326 e. The number of tetrazole rings is 1. The van der Waals surface area contributed by atoms with Crippen molar-refractivity contribution in [3.8, 4) is 12.3 Å². The number of benzene rings is 1. The molecule has 0 saturated carbocycles. The fourth-order valence-electron chi connectivity index (χ4n) is 4.50. The van der Waals surface area contributed by atoms with E-state index in [1.807, 2.05) is 6.92 Å². The number of halogens is 1. The number of aromatic amines is 2. The Hall–Kier alpha value is -4.70. The first kappa shape index (κ1) is 27.3. The molecule has 1 aromatic carbocycles. The maximum absolute atomic E-state index is 16.8. The average molecular weight is 535 g/mol. The Morgan fingerprint density at radius 1 is 1.33 bits per heavy atom. The summed E-state index contributed by atoms with van der Waals surface area (Å²) in [5, 5.41) is 25.7. The molecule has 0 spiro atoms. The highest BCUT2D eigenvalue weighted by atomic mass is 19.1. The third kappa shape index (κ3) is 5.91. The Labute approximate surface area is 222 Å². The van der Waals surface area contributed by atoms with Gasteiger partial charge in [0.05, 0.1) is 17.4 Å². The number of nitrogens with zero attached hydrogens (tertiary/aromatic N) is 5. The number of nitrogens with one attached hydrogen (secondary N) is 3. The normalized spacial score (nSPS) is 19.2. The van der Waals surface area contributed by atoms with E-state index in [1.54, 1.807) is 19.1 Å². The van der Waals surface area contributed by atoms with Crippen molar-refractivity contribution in [3.63, 3.8) is 0 Å². The molecule has 3 atom stereocenters. The van der Waals surface area contributed by atoms with Crippen molar-refractivity contribution < 1.29 is 19.1 Å². The van der Waals surface area contributed by atoms with Gasteiger partial charge < -0.3 is 15.4 Å². The van der Waals surface area contributed by atoms with Crippen molar-refractivity contribution in [3.05, 3.63) is 69.6 Å². The molecule has 4 rings (SSSR count). The highest BCUT2D eigenvalue weighted by Gasteiger charge is 2.46. The Bertz CT molecular complexity index is 1540. The average Bonchev–Trinajstić information content (AvgIpc) is 3.40. The number of carbonyl (C=O) groups excluding carboxylic acids is 1. The number of carbonyl (C=O) groups is 2. The van der Waals surface area contributed by atoms with Gasteiger partial charge in [0.15, 0.2) is 11.6 Å². The maximum atomic E-state index is 16.8. The lowest BCUT2D eigenvalue weighted by Crippen LogP contribution is -2.56. The van der Waals surface area contributed by atoms with Crippen molar-refractivity contribution in [2.24, 2.45) is 5.92 Å². The largest absolute Gasteiger partial charge is 0.480 e. The van der Waals surface area contributed by atoms with Gasteiger partial charge in [0, 0.05) is 13.0 Å². The monoisotopic (exact) mass is 534 g/mol. The minimum Gasteiger partial charge on any atom is -0.480 e. The van der Waals surface area contributed by atoms with Gasteiger partial charge in [-0.25, -0.2) is 14.2 Å². The lowest BCUT2D eigenvalue weighted by Gasteiger charge is -2.40.